The Morgan fingerprint density at radius 3 is 2.41 bits per heavy atom. The normalized spacial score (nSPS) is 19.3. The SMILES string of the molecule is Cc1ccc(OCc2nc(C(=O)NC3CCCCC3NC(=O)CC(C)CC(C)(C)C)cs2)cc1. The molecule has 1 aliphatic rings. The zero-order valence-corrected chi connectivity index (χ0v) is 22.0. The van der Waals surface area contributed by atoms with E-state index in [2.05, 4.69) is 43.3 Å². The van der Waals surface area contributed by atoms with E-state index in [1.807, 2.05) is 31.2 Å². The van der Waals surface area contributed by atoms with E-state index in [-0.39, 0.29) is 29.3 Å². The van der Waals surface area contributed by atoms with Crippen LogP contribution >= 0.6 is 11.3 Å². The molecule has 6 nitrogen and oxygen atoms in total. The summed E-state index contributed by atoms with van der Waals surface area (Å²) in [5.41, 5.74) is 1.79. The van der Waals surface area contributed by atoms with Crippen LogP contribution in [0.2, 0.25) is 0 Å². The van der Waals surface area contributed by atoms with E-state index >= 15 is 0 Å². The van der Waals surface area contributed by atoms with E-state index in [9.17, 15) is 9.59 Å². The standard InChI is InChI=1S/C27H39N3O3S/c1-18-10-12-20(13-11-18)33-16-25-29-23(17-34-25)26(32)30-22-9-7-6-8-21(22)28-24(31)14-19(2)15-27(3,4)5/h10-13,17,19,21-22H,6-9,14-16H2,1-5H3,(H,28,31)(H,30,32). The fourth-order valence-corrected chi connectivity index (χ4v) is 5.36. The van der Waals surface area contributed by atoms with Crippen LogP contribution < -0.4 is 15.4 Å². The third-order valence-electron chi connectivity index (χ3n) is 6.09. The maximum Gasteiger partial charge on any atom is 0.271 e. The Morgan fingerprint density at radius 1 is 1.12 bits per heavy atom. The van der Waals surface area contributed by atoms with Crippen LogP contribution in [0.4, 0.5) is 0 Å². The van der Waals surface area contributed by atoms with Crippen molar-refractivity contribution in [1.82, 2.24) is 15.6 Å². The molecule has 1 aliphatic carbocycles. The summed E-state index contributed by atoms with van der Waals surface area (Å²) in [6.45, 7) is 11.1. The van der Waals surface area contributed by atoms with Crippen molar-refractivity contribution in [1.29, 1.82) is 0 Å². The zero-order valence-electron chi connectivity index (χ0n) is 21.1. The fraction of sp³-hybridized carbons (Fsp3) is 0.593. The molecule has 3 rings (SSSR count). The first-order chi connectivity index (χ1) is 16.1. The Morgan fingerprint density at radius 2 is 1.76 bits per heavy atom. The monoisotopic (exact) mass is 485 g/mol. The van der Waals surface area contributed by atoms with Crippen molar-refractivity contribution >= 4 is 23.2 Å². The van der Waals surface area contributed by atoms with Crippen LogP contribution in [0.5, 0.6) is 5.75 Å². The quantitative estimate of drug-likeness (QED) is 0.481. The number of benzene rings is 1. The number of carbonyl (C=O) groups is 2. The first-order valence-electron chi connectivity index (χ1n) is 12.3. The van der Waals surface area contributed by atoms with Crippen LogP contribution in [0.1, 0.15) is 87.3 Å². The van der Waals surface area contributed by atoms with Crippen LogP contribution in [-0.2, 0) is 11.4 Å². The number of nitrogens with zero attached hydrogens (tertiary/aromatic N) is 1. The Hall–Kier alpha value is -2.41. The Balaban J connectivity index is 1.51. The molecule has 0 spiro atoms. The molecule has 3 atom stereocenters. The highest BCUT2D eigenvalue weighted by atomic mass is 32.1. The predicted molar refractivity (Wildman–Crippen MR) is 137 cm³/mol. The van der Waals surface area contributed by atoms with Gasteiger partial charge in [-0.2, -0.15) is 0 Å². The Kier molecular flexibility index (Phi) is 9.11. The molecule has 0 bridgehead atoms. The summed E-state index contributed by atoms with van der Waals surface area (Å²) in [5.74, 6) is 0.994. The minimum atomic E-state index is -0.190. The highest BCUT2D eigenvalue weighted by molar-refractivity contribution is 7.09. The second-order valence-electron chi connectivity index (χ2n) is 10.8. The number of carbonyl (C=O) groups excluding carboxylic acids is 2. The lowest BCUT2D eigenvalue weighted by molar-refractivity contribution is -0.123. The Bertz CT molecular complexity index is 949. The number of hydrogen-bond donors (Lipinski definition) is 2. The first kappa shape index (κ1) is 26.2. The van der Waals surface area contributed by atoms with Crippen molar-refractivity contribution in [2.45, 2.75) is 91.8 Å². The van der Waals surface area contributed by atoms with Crippen LogP contribution in [0.15, 0.2) is 29.6 Å². The van der Waals surface area contributed by atoms with Gasteiger partial charge in [0.05, 0.1) is 0 Å². The van der Waals surface area contributed by atoms with Gasteiger partial charge in [-0.25, -0.2) is 4.98 Å². The van der Waals surface area contributed by atoms with E-state index in [0.29, 0.717) is 24.6 Å². The van der Waals surface area contributed by atoms with Gasteiger partial charge < -0.3 is 15.4 Å². The maximum atomic E-state index is 12.9. The van der Waals surface area contributed by atoms with Crippen LogP contribution in [0.25, 0.3) is 0 Å². The van der Waals surface area contributed by atoms with Crippen molar-refractivity contribution in [3.63, 3.8) is 0 Å². The van der Waals surface area contributed by atoms with Crippen molar-refractivity contribution in [3.05, 3.63) is 45.9 Å². The zero-order chi connectivity index (χ0) is 24.7. The largest absolute Gasteiger partial charge is 0.486 e. The lowest BCUT2D eigenvalue weighted by Crippen LogP contribution is -2.53. The number of hydrogen-bond acceptors (Lipinski definition) is 5. The molecule has 1 aromatic heterocycles. The van der Waals surface area contributed by atoms with Crippen molar-refractivity contribution in [2.75, 3.05) is 0 Å². The maximum absolute atomic E-state index is 12.9. The summed E-state index contributed by atoms with van der Waals surface area (Å²) in [4.78, 5) is 30.0. The summed E-state index contributed by atoms with van der Waals surface area (Å²) in [6.07, 6.45) is 5.38. The fourth-order valence-electron chi connectivity index (χ4n) is 4.68. The molecule has 1 saturated carbocycles. The summed E-state index contributed by atoms with van der Waals surface area (Å²) in [6, 6.07) is 7.75. The molecule has 0 saturated heterocycles. The molecule has 2 amide bonds. The summed E-state index contributed by atoms with van der Waals surface area (Å²) < 4.78 is 5.78. The smallest absolute Gasteiger partial charge is 0.271 e. The number of nitrogens with one attached hydrogen (secondary N) is 2. The van der Waals surface area contributed by atoms with Gasteiger partial charge in [-0.15, -0.1) is 11.3 Å². The molecule has 7 heteroatoms. The third-order valence-corrected chi connectivity index (χ3v) is 6.91. The minimum Gasteiger partial charge on any atom is -0.486 e. The second kappa shape index (κ2) is 11.8. The van der Waals surface area contributed by atoms with Gasteiger partial charge in [0.15, 0.2) is 0 Å². The summed E-state index contributed by atoms with van der Waals surface area (Å²) in [7, 11) is 0. The van der Waals surface area contributed by atoms with Gasteiger partial charge in [0, 0.05) is 23.9 Å². The molecular weight excluding hydrogens is 446 g/mol. The molecule has 0 radical (unpaired) electrons. The van der Waals surface area contributed by atoms with Gasteiger partial charge in [0.2, 0.25) is 5.91 Å². The number of aromatic nitrogens is 1. The van der Waals surface area contributed by atoms with E-state index in [4.69, 9.17) is 4.74 Å². The summed E-state index contributed by atoms with van der Waals surface area (Å²) >= 11 is 1.42. The molecule has 2 N–H and O–H groups in total. The van der Waals surface area contributed by atoms with Crippen molar-refractivity contribution < 1.29 is 14.3 Å². The van der Waals surface area contributed by atoms with Gasteiger partial charge in [0.25, 0.3) is 5.91 Å². The van der Waals surface area contributed by atoms with Crippen LogP contribution in [0, 0.1) is 18.3 Å². The minimum absolute atomic E-state index is 0.0324. The second-order valence-corrected chi connectivity index (χ2v) is 11.8. The Labute approximate surface area is 207 Å². The van der Waals surface area contributed by atoms with Gasteiger partial charge >= 0.3 is 0 Å². The van der Waals surface area contributed by atoms with Gasteiger partial charge in [0.1, 0.15) is 23.1 Å². The van der Waals surface area contributed by atoms with Gasteiger partial charge in [-0.3, -0.25) is 9.59 Å². The predicted octanol–water partition coefficient (Wildman–Crippen LogP) is 5.65. The van der Waals surface area contributed by atoms with Crippen LogP contribution in [-0.4, -0.2) is 28.9 Å². The number of rotatable bonds is 9. The highest BCUT2D eigenvalue weighted by Gasteiger charge is 2.29. The molecule has 1 aromatic carbocycles. The molecular formula is C27H39N3O3S. The number of ether oxygens (including phenoxy) is 1. The molecule has 1 heterocycles. The third kappa shape index (κ3) is 8.42. The van der Waals surface area contributed by atoms with E-state index < -0.39 is 0 Å². The molecule has 0 aliphatic heterocycles. The first-order valence-corrected chi connectivity index (χ1v) is 13.2. The lowest BCUT2D eigenvalue weighted by atomic mass is 9.84. The average Bonchev–Trinajstić information content (AvgIpc) is 3.22. The topological polar surface area (TPSA) is 80.3 Å². The molecule has 186 valence electrons. The highest BCUT2D eigenvalue weighted by Crippen LogP contribution is 2.26. The van der Waals surface area contributed by atoms with Crippen molar-refractivity contribution in [3.8, 4) is 5.75 Å². The average molecular weight is 486 g/mol. The molecule has 3 unspecified atom stereocenters. The summed E-state index contributed by atoms with van der Waals surface area (Å²) in [5, 5.41) is 8.85. The number of aryl methyl sites for hydroxylation is 1. The van der Waals surface area contributed by atoms with E-state index in [1.165, 1.54) is 16.9 Å². The van der Waals surface area contributed by atoms with Crippen molar-refractivity contribution in [2.24, 2.45) is 11.3 Å². The van der Waals surface area contributed by atoms with Gasteiger partial charge in [-0.05, 0) is 49.7 Å². The van der Waals surface area contributed by atoms with Crippen LogP contribution in [0.3, 0.4) is 0 Å². The molecule has 34 heavy (non-hydrogen) atoms. The molecule has 2 aromatic rings. The van der Waals surface area contributed by atoms with E-state index in [0.717, 1.165) is 42.9 Å². The lowest BCUT2D eigenvalue weighted by Gasteiger charge is -2.33. The molecule has 1 fully saturated rings. The number of thiazole rings is 1. The van der Waals surface area contributed by atoms with E-state index in [1.54, 1.807) is 5.38 Å². The van der Waals surface area contributed by atoms with Gasteiger partial charge in [-0.1, -0.05) is 58.2 Å². The number of amides is 2.